The quantitative estimate of drug-likeness (QED) is 0.741. The highest BCUT2D eigenvalue weighted by Gasteiger charge is 2.25. The number of carbonyl (C=O) groups is 1. The monoisotopic (exact) mass is 387 g/mol. The summed E-state index contributed by atoms with van der Waals surface area (Å²) >= 11 is 0. The van der Waals surface area contributed by atoms with Crippen molar-refractivity contribution in [2.75, 3.05) is 7.11 Å². The molecule has 1 aliphatic rings. The number of aryl methyl sites for hydroxylation is 2. The molecule has 1 aromatic carbocycles. The van der Waals surface area contributed by atoms with Crippen molar-refractivity contribution in [3.63, 3.8) is 0 Å². The number of ether oxygens (including phenoxy) is 1. The number of hydrogen-bond donors (Lipinski definition) is 1. The molecule has 1 atom stereocenters. The van der Waals surface area contributed by atoms with Gasteiger partial charge in [0.1, 0.15) is 0 Å². The first-order chi connectivity index (χ1) is 14.1. The maximum absolute atomic E-state index is 12.7. The molecule has 7 nitrogen and oxygen atoms in total. The molecule has 0 saturated carbocycles. The summed E-state index contributed by atoms with van der Waals surface area (Å²) in [5, 5.41) is 16.9. The van der Waals surface area contributed by atoms with Gasteiger partial charge in [0.15, 0.2) is 0 Å². The lowest BCUT2D eigenvalue weighted by atomic mass is 10.0. The topological polar surface area (TPSA) is 92.8 Å². The van der Waals surface area contributed by atoms with Gasteiger partial charge < -0.3 is 10.1 Å². The number of amides is 1. The van der Waals surface area contributed by atoms with Crippen molar-refractivity contribution in [3.05, 3.63) is 65.0 Å². The zero-order valence-electron chi connectivity index (χ0n) is 16.3. The lowest BCUT2D eigenvalue weighted by Gasteiger charge is -2.24. The lowest BCUT2D eigenvalue weighted by Crippen LogP contribution is -2.32. The Labute approximate surface area is 169 Å². The molecule has 1 N–H and O–H groups in total. The maximum Gasteiger partial charge on any atom is 0.251 e. The fourth-order valence-electron chi connectivity index (χ4n) is 3.63. The molecular weight excluding hydrogens is 366 g/mol. The van der Waals surface area contributed by atoms with E-state index in [1.54, 1.807) is 37.6 Å². The molecule has 0 unspecified atom stereocenters. The predicted molar refractivity (Wildman–Crippen MR) is 107 cm³/mol. The second kappa shape index (κ2) is 7.76. The van der Waals surface area contributed by atoms with Crippen LogP contribution >= 0.6 is 0 Å². The standard InChI is InChI=1S/C22H21N5O2/c1-14-13-24-21(29-2)10-17(14)19-11-20-18(7-4-8-27(20)26-19)25-22(28)16-6-3-5-15(9-16)12-23/h3,5-6,9-11,13,18H,4,7-8H2,1-2H3,(H,25,28)/t18-/m0/s1. The van der Waals surface area contributed by atoms with E-state index in [0.29, 0.717) is 17.0 Å². The Kier molecular flexibility index (Phi) is 5.00. The van der Waals surface area contributed by atoms with Gasteiger partial charge >= 0.3 is 0 Å². The highest BCUT2D eigenvalue weighted by Crippen LogP contribution is 2.31. The van der Waals surface area contributed by atoms with Gasteiger partial charge in [-0.25, -0.2) is 4.98 Å². The predicted octanol–water partition coefficient (Wildman–Crippen LogP) is 3.40. The molecule has 3 heterocycles. The van der Waals surface area contributed by atoms with Gasteiger partial charge in [-0.2, -0.15) is 10.4 Å². The van der Waals surface area contributed by atoms with Gasteiger partial charge in [0.05, 0.1) is 36.2 Å². The Morgan fingerprint density at radius 2 is 2.21 bits per heavy atom. The lowest BCUT2D eigenvalue weighted by molar-refractivity contribution is 0.0928. The summed E-state index contributed by atoms with van der Waals surface area (Å²) < 4.78 is 7.21. The molecule has 4 rings (SSSR count). The number of nitriles is 1. The molecule has 0 aliphatic carbocycles. The van der Waals surface area contributed by atoms with Crippen LogP contribution in [0.5, 0.6) is 5.88 Å². The largest absolute Gasteiger partial charge is 0.481 e. The van der Waals surface area contributed by atoms with Crippen LogP contribution in [0.3, 0.4) is 0 Å². The number of hydrogen-bond acceptors (Lipinski definition) is 5. The van der Waals surface area contributed by atoms with E-state index in [0.717, 1.165) is 41.9 Å². The van der Waals surface area contributed by atoms with Crippen molar-refractivity contribution in [1.82, 2.24) is 20.1 Å². The number of pyridine rings is 1. The van der Waals surface area contributed by atoms with E-state index in [4.69, 9.17) is 15.1 Å². The SMILES string of the molecule is COc1cc(-c2cc3n(n2)CCC[C@@H]3NC(=O)c2cccc(C#N)c2)c(C)cn1. The minimum Gasteiger partial charge on any atom is -0.481 e. The van der Waals surface area contributed by atoms with Crippen LogP contribution in [0.15, 0.2) is 42.6 Å². The molecular formula is C22H21N5O2. The van der Waals surface area contributed by atoms with Gasteiger partial charge in [0.2, 0.25) is 5.88 Å². The van der Waals surface area contributed by atoms with E-state index in [1.165, 1.54) is 0 Å². The Hall–Kier alpha value is -3.66. The highest BCUT2D eigenvalue weighted by molar-refractivity contribution is 5.94. The molecule has 0 radical (unpaired) electrons. The Morgan fingerprint density at radius 1 is 1.34 bits per heavy atom. The van der Waals surface area contributed by atoms with Crippen LogP contribution < -0.4 is 10.1 Å². The van der Waals surface area contributed by atoms with Crippen LogP contribution in [0.25, 0.3) is 11.3 Å². The summed E-state index contributed by atoms with van der Waals surface area (Å²) in [6, 6.07) is 12.6. The van der Waals surface area contributed by atoms with E-state index < -0.39 is 0 Å². The van der Waals surface area contributed by atoms with E-state index >= 15 is 0 Å². The number of methoxy groups -OCH3 is 1. The number of nitrogens with one attached hydrogen (secondary N) is 1. The minimum atomic E-state index is -0.190. The van der Waals surface area contributed by atoms with Gasteiger partial charge in [-0.1, -0.05) is 6.07 Å². The van der Waals surface area contributed by atoms with Gasteiger partial charge in [-0.3, -0.25) is 9.48 Å². The molecule has 1 aliphatic heterocycles. The first-order valence-corrected chi connectivity index (χ1v) is 9.49. The third kappa shape index (κ3) is 3.69. The second-order valence-corrected chi connectivity index (χ2v) is 7.08. The zero-order chi connectivity index (χ0) is 20.4. The normalized spacial score (nSPS) is 15.3. The number of fused-ring (bicyclic) bond motifs is 1. The fourth-order valence-corrected chi connectivity index (χ4v) is 3.63. The summed E-state index contributed by atoms with van der Waals surface area (Å²) in [6.45, 7) is 2.80. The van der Waals surface area contributed by atoms with Gasteiger partial charge in [0.25, 0.3) is 5.91 Å². The molecule has 0 spiro atoms. The molecule has 1 amide bonds. The smallest absolute Gasteiger partial charge is 0.251 e. The summed E-state index contributed by atoms with van der Waals surface area (Å²) in [4.78, 5) is 17.0. The van der Waals surface area contributed by atoms with Crippen molar-refractivity contribution in [1.29, 1.82) is 5.26 Å². The van der Waals surface area contributed by atoms with E-state index in [1.807, 2.05) is 23.7 Å². The third-order valence-electron chi connectivity index (χ3n) is 5.15. The number of carbonyl (C=O) groups excluding carboxylic acids is 1. The maximum atomic E-state index is 12.7. The molecule has 146 valence electrons. The van der Waals surface area contributed by atoms with Crippen LogP contribution in [-0.4, -0.2) is 27.8 Å². The molecule has 3 aromatic rings. The zero-order valence-corrected chi connectivity index (χ0v) is 16.3. The van der Waals surface area contributed by atoms with Crippen molar-refractivity contribution >= 4 is 5.91 Å². The fraction of sp³-hybridized carbons (Fsp3) is 0.273. The highest BCUT2D eigenvalue weighted by atomic mass is 16.5. The molecule has 0 bridgehead atoms. The summed E-state index contributed by atoms with van der Waals surface area (Å²) in [7, 11) is 1.59. The number of benzene rings is 1. The van der Waals surface area contributed by atoms with Crippen LogP contribution in [0.2, 0.25) is 0 Å². The molecule has 29 heavy (non-hydrogen) atoms. The molecule has 0 saturated heterocycles. The van der Waals surface area contributed by atoms with Crippen LogP contribution in [-0.2, 0) is 6.54 Å². The van der Waals surface area contributed by atoms with Crippen LogP contribution in [0.1, 0.15) is 46.1 Å². The average molecular weight is 387 g/mol. The minimum absolute atomic E-state index is 0.132. The first-order valence-electron chi connectivity index (χ1n) is 9.49. The second-order valence-electron chi connectivity index (χ2n) is 7.08. The van der Waals surface area contributed by atoms with Crippen molar-refractivity contribution in [2.24, 2.45) is 0 Å². The van der Waals surface area contributed by atoms with Crippen molar-refractivity contribution in [3.8, 4) is 23.2 Å². The van der Waals surface area contributed by atoms with Crippen molar-refractivity contribution < 1.29 is 9.53 Å². The summed E-state index contributed by atoms with van der Waals surface area (Å²) in [6.07, 6.45) is 3.54. The third-order valence-corrected chi connectivity index (χ3v) is 5.15. The van der Waals surface area contributed by atoms with E-state index in [2.05, 4.69) is 16.4 Å². The van der Waals surface area contributed by atoms with Gasteiger partial charge in [-0.15, -0.1) is 0 Å². The van der Waals surface area contributed by atoms with Gasteiger partial charge in [-0.05, 0) is 49.6 Å². The number of rotatable bonds is 4. The molecule has 0 fully saturated rings. The molecule has 2 aromatic heterocycles. The summed E-state index contributed by atoms with van der Waals surface area (Å²) in [5.41, 5.74) is 4.74. The molecule has 7 heteroatoms. The Balaban J connectivity index is 1.62. The van der Waals surface area contributed by atoms with Crippen LogP contribution in [0, 0.1) is 18.3 Å². The van der Waals surface area contributed by atoms with E-state index in [9.17, 15) is 4.79 Å². The number of aromatic nitrogens is 3. The summed E-state index contributed by atoms with van der Waals surface area (Å²) in [5.74, 6) is 0.351. The van der Waals surface area contributed by atoms with Crippen LogP contribution in [0.4, 0.5) is 0 Å². The first kappa shape index (κ1) is 18.7. The average Bonchev–Trinajstić information content (AvgIpc) is 3.19. The van der Waals surface area contributed by atoms with Gasteiger partial charge in [0, 0.05) is 29.9 Å². The Morgan fingerprint density at radius 3 is 3.00 bits per heavy atom. The van der Waals surface area contributed by atoms with Crippen molar-refractivity contribution in [2.45, 2.75) is 32.4 Å². The Bertz CT molecular complexity index is 1110. The number of nitrogens with zero attached hydrogens (tertiary/aromatic N) is 4. The van der Waals surface area contributed by atoms with E-state index in [-0.39, 0.29) is 11.9 Å².